The highest BCUT2D eigenvalue weighted by molar-refractivity contribution is 6.30. The summed E-state index contributed by atoms with van der Waals surface area (Å²) in [6.07, 6.45) is 9.03. The first-order chi connectivity index (χ1) is 18.0. The van der Waals surface area contributed by atoms with E-state index in [1.807, 2.05) is 30.3 Å². The van der Waals surface area contributed by atoms with Gasteiger partial charge in [-0.15, -0.1) is 10.2 Å². The van der Waals surface area contributed by atoms with E-state index in [0.29, 0.717) is 29.5 Å². The van der Waals surface area contributed by atoms with Crippen molar-refractivity contribution in [3.05, 3.63) is 87.7 Å². The predicted octanol–water partition coefficient (Wildman–Crippen LogP) is 5.23. The summed E-state index contributed by atoms with van der Waals surface area (Å²) >= 11 is 6.52. The minimum Gasteiger partial charge on any atom is -0.493 e. The average Bonchev–Trinajstić information content (AvgIpc) is 3.29. The average molecular weight is 519 g/mol. The van der Waals surface area contributed by atoms with Crippen molar-refractivity contribution in [1.29, 1.82) is 0 Å². The highest BCUT2D eigenvalue weighted by Crippen LogP contribution is 2.47. The van der Waals surface area contributed by atoms with Crippen LogP contribution in [0.4, 0.5) is 0 Å². The SMILES string of the molecule is COc1cccc(C2=C[C@@H](CCn3nnc(CC(=O)O)n3)C3=C(CCC=C3)c3ccc(Cl)cc32)c1OC. The van der Waals surface area contributed by atoms with Gasteiger partial charge in [-0.2, -0.15) is 4.80 Å². The number of allylic oxidation sites excluding steroid dienone is 5. The number of nitrogens with zero attached hydrogens (tertiary/aromatic N) is 4. The Bertz CT molecular complexity index is 1440. The van der Waals surface area contributed by atoms with Crippen LogP contribution in [0.5, 0.6) is 11.5 Å². The molecule has 0 amide bonds. The molecule has 0 bridgehead atoms. The van der Waals surface area contributed by atoms with Gasteiger partial charge in [-0.3, -0.25) is 4.79 Å². The number of hydrogen-bond acceptors (Lipinski definition) is 6. The number of rotatable bonds is 8. The first kappa shape index (κ1) is 24.8. The van der Waals surface area contributed by atoms with Gasteiger partial charge in [0.15, 0.2) is 17.3 Å². The molecule has 190 valence electrons. The first-order valence-electron chi connectivity index (χ1n) is 12.1. The van der Waals surface area contributed by atoms with Gasteiger partial charge in [-0.05, 0) is 70.5 Å². The van der Waals surface area contributed by atoms with E-state index in [4.69, 9.17) is 26.2 Å². The highest BCUT2D eigenvalue weighted by Gasteiger charge is 2.28. The summed E-state index contributed by atoms with van der Waals surface area (Å²) in [4.78, 5) is 12.5. The number of fused-ring (bicyclic) bond motifs is 2. The lowest BCUT2D eigenvalue weighted by atomic mass is 9.84. The molecule has 9 heteroatoms. The highest BCUT2D eigenvalue weighted by atomic mass is 35.5. The Kier molecular flexibility index (Phi) is 7.10. The lowest BCUT2D eigenvalue weighted by Gasteiger charge is -2.21. The Morgan fingerprint density at radius 2 is 2.03 bits per heavy atom. The number of halogens is 1. The Morgan fingerprint density at radius 3 is 2.81 bits per heavy atom. The van der Waals surface area contributed by atoms with Crippen molar-refractivity contribution >= 4 is 28.7 Å². The summed E-state index contributed by atoms with van der Waals surface area (Å²) in [6, 6.07) is 11.9. The van der Waals surface area contributed by atoms with E-state index in [-0.39, 0.29) is 18.2 Å². The van der Waals surface area contributed by atoms with Crippen LogP contribution >= 0.6 is 11.6 Å². The number of carboxylic acid groups (broad SMARTS) is 1. The van der Waals surface area contributed by atoms with Crippen LogP contribution in [0.3, 0.4) is 0 Å². The van der Waals surface area contributed by atoms with Crippen LogP contribution in [0.15, 0.2) is 60.2 Å². The van der Waals surface area contributed by atoms with Gasteiger partial charge >= 0.3 is 5.97 Å². The number of ether oxygens (including phenoxy) is 2. The molecule has 0 saturated heterocycles. The van der Waals surface area contributed by atoms with Gasteiger partial charge in [0.25, 0.3) is 0 Å². The molecule has 0 fully saturated rings. The Labute approximate surface area is 219 Å². The van der Waals surface area contributed by atoms with Crippen LogP contribution in [-0.2, 0) is 17.8 Å². The molecule has 2 aliphatic carbocycles. The summed E-state index contributed by atoms with van der Waals surface area (Å²) in [6.45, 7) is 0.484. The van der Waals surface area contributed by atoms with E-state index in [1.165, 1.54) is 15.9 Å². The van der Waals surface area contributed by atoms with Gasteiger partial charge in [0.05, 0.1) is 20.8 Å². The summed E-state index contributed by atoms with van der Waals surface area (Å²) in [5.74, 6) is 0.567. The molecule has 1 atom stereocenters. The molecular formula is C28H27ClN4O4. The van der Waals surface area contributed by atoms with E-state index in [9.17, 15) is 4.79 Å². The quantitative estimate of drug-likeness (QED) is 0.436. The molecule has 1 N–H and O–H groups in total. The van der Waals surface area contributed by atoms with Crippen LogP contribution in [0, 0.1) is 5.92 Å². The van der Waals surface area contributed by atoms with Gasteiger partial charge in [0.2, 0.25) is 0 Å². The third-order valence-electron chi connectivity index (χ3n) is 6.71. The summed E-state index contributed by atoms with van der Waals surface area (Å²) in [7, 11) is 3.28. The Balaban J connectivity index is 1.62. The lowest BCUT2D eigenvalue weighted by Crippen LogP contribution is -2.11. The molecule has 0 spiro atoms. The van der Waals surface area contributed by atoms with E-state index < -0.39 is 5.97 Å². The number of tetrazole rings is 1. The molecule has 0 unspecified atom stereocenters. The molecule has 2 aromatic carbocycles. The summed E-state index contributed by atoms with van der Waals surface area (Å²) < 4.78 is 11.4. The normalized spacial score (nSPS) is 16.5. The topological polar surface area (TPSA) is 99.4 Å². The molecule has 1 aromatic heterocycles. The van der Waals surface area contributed by atoms with Crippen LogP contribution in [0.2, 0.25) is 5.02 Å². The first-order valence-corrected chi connectivity index (χ1v) is 12.5. The maximum Gasteiger partial charge on any atom is 0.311 e. The second-order valence-electron chi connectivity index (χ2n) is 8.95. The molecule has 8 nitrogen and oxygen atoms in total. The second-order valence-corrected chi connectivity index (χ2v) is 9.39. The molecule has 0 saturated carbocycles. The Morgan fingerprint density at radius 1 is 1.16 bits per heavy atom. The smallest absolute Gasteiger partial charge is 0.311 e. The lowest BCUT2D eigenvalue weighted by molar-refractivity contribution is -0.136. The molecule has 37 heavy (non-hydrogen) atoms. The van der Waals surface area contributed by atoms with E-state index in [1.54, 1.807) is 14.2 Å². The van der Waals surface area contributed by atoms with Crippen LogP contribution in [0.25, 0.3) is 11.1 Å². The van der Waals surface area contributed by atoms with Crippen molar-refractivity contribution < 1.29 is 19.4 Å². The number of methoxy groups -OCH3 is 2. The molecule has 5 rings (SSSR count). The van der Waals surface area contributed by atoms with E-state index in [2.05, 4.69) is 39.7 Å². The van der Waals surface area contributed by atoms with Crippen molar-refractivity contribution in [1.82, 2.24) is 20.2 Å². The van der Waals surface area contributed by atoms with Gasteiger partial charge in [0.1, 0.15) is 6.42 Å². The fourth-order valence-electron chi connectivity index (χ4n) is 5.11. The zero-order valence-corrected chi connectivity index (χ0v) is 21.4. The third-order valence-corrected chi connectivity index (χ3v) is 6.94. The molecule has 0 radical (unpaired) electrons. The van der Waals surface area contributed by atoms with Crippen molar-refractivity contribution in [2.24, 2.45) is 5.92 Å². The van der Waals surface area contributed by atoms with Crippen molar-refractivity contribution in [3.63, 3.8) is 0 Å². The molecule has 1 heterocycles. The van der Waals surface area contributed by atoms with E-state index >= 15 is 0 Å². The summed E-state index contributed by atoms with van der Waals surface area (Å²) in [5.41, 5.74) is 6.68. The monoisotopic (exact) mass is 518 g/mol. The van der Waals surface area contributed by atoms with Gasteiger partial charge < -0.3 is 14.6 Å². The maximum absolute atomic E-state index is 11.0. The van der Waals surface area contributed by atoms with Gasteiger partial charge in [-0.1, -0.05) is 48.0 Å². The number of hydrogen-bond donors (Lipinski definition) is 1. The number of aliphatic carboxylic acids is 1. The van der Waals surface area contributed by atoms with Crippen LogP contribution in [-0.4, -0.2) is 45.5 Å². The number of benzene rings is 2. The minimum absolute atomic E-state index is 0.0394. The molecular weight excluding hydrogens is 492 g/mol. The third kappa shape index (κ3) is 5.02. The number of aryl methyl sites for hydroxylation is 1. The van der Waals surface area contributed by atoms with Crippen LogP contribution in [0.1, 0.15) is 41.8 Å². The van der Waals surface area contributed by atoms with Gasteiger partial charge in [-0.25, -0.2) is 0 Å². The largest absolute Gasteiger partial charge is 0.493 e. The fraction of sp³-hybridized carbons (Fsp3) is 0.286. The number of aromatic nitrogens is 4. The maximum atomic E-state index is 11.0. The minimum atomic E-state index is -0.985. The Hall–Kier alpha value is -3.91. The fourth-order valence-corrected chi connectivity index (χ4v) is 5.28. The zero-order chi connectivity index (χ0) is 25.9. The second kappa shape index (κ2) is 10.6. The molecule has 2 aliphatic rings. The molecule has 3 aromatic rings. The standard InChI is InChI=1S/C28H27ClN4O4/c1-36-25-9-5-8-22(28(25)37-2)23-14-17(12-13-33-31-26(30-32-33)16-27(34)35)19-6-3-4-7-20(19)21-11-10-18(29)15-24(21)23/h3,5-6,8-11,14-15,17H,4,7,12-13,16H2,1-2H3,(H,34,35)/t17-/m1/s1. The summed E-state index contributed by atoms with van der Waals surface area (Å²) in [5, 5.41) is 21.9. The number of carboxylic acids is 1. The molecule has 0 aliphatic heterocycles. The van der Waals surface area contributed by atoms with Crippen LogP contribution < -0.4 is 9.47 Å². The van der Waals surface area contributed by atoms with Crippen molar-refractivity contribution in [3.8, 4) is 11.5 Å². The van der Waals surface area contributed by atoms with Gasteiger partial charge in [0, 0.05) is 16.5 Å². The van der Waals surface area contributed by atoms with E-state index in [0.717, 1.165) is 35.1 Å². The predicted molar refractivity (Wildman–Crippen MR) is 141 cm³/mol. The number of carbonyl (C=O) groups is 1. The number of para-hydroxylation sites is 1. The van der Waals surface area contributed by atoms with Crippen molar-refractivity contribution in [2.45, 2.75) is 32.2 Å². The van der Waals surface area contributed by atoms with Crippen molar-refractivity contribution in [2.75, 3.05) is 14.2 Å². The zero-order valence-electron chi connectivity index (χ0n) is 20.6.